The number of aromatic nitrogens is 2. The van der Waals surface area contributed by atoms with E-state index in [1.807, 2.05) is 29.3 Å². The van der Waals surface area contributed by atoms with Gasteiger partial charge in [0, 0.05) is 19.2 Å². The van der Waals surface area contributed by atoms with Crippen molar-refractivity contribution in [2.75, 3.05) is 13.2 Å². The Bertz CT molecular complexity index is 765. The summed E-state index contributed by atoms with van der Waals surface area (Å²) in [5, 5.41) is 0. The van der Waals surface area contributed by atoms with Crippen LogP contribution in [0.4, 0.5) is 0 Å². The van der Waals surface area contributed by atoms with Crippen LogP contribution in [0.5, 0.6) is 0 Å². The molecule has 1 saturated carbocycles. The Morgan fingerprint density at radius 3 is 3.00 bits per heavy atom. The Hall–Kier alpha value is -1.88. The lowest BCUT2D eigenvalue weighted by atomic mass is 9.90. The van der Waals surface area contributed by atoms with Crippen molar-refractivity contribution in [1.29, 1.82) is 0 Å². The summed E-state index contributed by atoms with van der Waals surface area (Å²) in [6.45, 7) is 5.67. The highest BCUT2D eigenvalue weighted by Gasteiger charge is 2.38. The molecule has 1 amide bonds. The van der Waals surface area contributed by atoms with E-state index >= 15 is 0 Å². The average molecular weight is 341 g/mol. The highest BCUT2D eigenvalue weighted by molar-refractivity contribution is 5.99. The van der Waals surface area contributed by atoms with E-state index in [1.165, 1.54) is 12.8 Å². The minimum absolute atomic E-state index is 0.0684. The zero-order valence-corrected chi connectivity index (χ0v) is 15.1. The lowest BCUT2D eigenvalue weighted by Crippen LogP contribution is -2.54. The first-order chi connectivity index (χ1) is 12.1. The van der Waals surface area contributed by atoms with E-state index in [2.05, 4.69) is 18.2 Å². The van der Waals surface area contributed by atoms with Crippen molar-refractivity contribution in [1.82, 2.24) is 14.3 Å². The molecule has 3 heterocycles. The molecule has 134 valence electrons. The van der Waals surface area contributed by atoms with Crippen molar-refractivity contribution in [3.05, 3.63) is 35.9 Å². The van der Waals surface area contributed by atoms with Crippen LogP contribution >= 0.6 is 0 Å². The van der Waals surface area contributed by atoms with Crippen molar-refractivity contribution in [2.45, 2.75) is 58.1 Å². The Balaban J connectivity index is 1.70. The molecule has 2 aliphatic rings. The minimum Gasteiger partial charge on any atom is -0.374 e. The summed E-state index contributed by atoms with van der Waals surface area (Å²) in [6, 6.07) is 6.20. The van der Waals surface area contributed by atoms with Crippen molar-refractivity contribution in [2.24, 2.45) is 5.92 Å². The molecule has 1 aliphatic heterocycles. The number of fused-ring (bicyclic) bond motifs is 2. The first-order valence-electron chi connectivity index (χ1n) is 9.53. The summed E-state index contributed by atoms with van der Waals surface area (Å²) in [7, 11) is 0. The third-order valence-corrected chi connectivity index (χ3v) is 5.41. The molecule has 1 aliphatic carbocycles. The third-order valence-electron chi connectivity index (χ3n) is 5.41. The van der Waals surface area contributed by atoms with Gasteiger partial charge in [0.15, 0.2) is 5.69 Å². The molecule has 0 N–H and O–H groups in total. The Labute approximate surface area is 149 Å². The molecule has 25 heavy (non-hydrogen) atoms. The summed E-state index contributed by atoms with van der Waals surface area (Å²) < 4.78 is 8.00. The minimum atomic E-state index is 0.0684. The van der Waals surface area contributed by atoms with E-state index in [9.17, 15) is 4.79 Å². The van der Waals surface area contributed by atoms with Crippen LogP contribution in [0.2, 0.25) is 0 Å². The van der Waals surface area contributed by atoms with E-state index < -0.39 is 0 Å². The molecule has 2 aromatic heterocycles. The second kappa shape index (κ2) is 6.79. The largest absolute Gasteiger partial charge is 0.374 e. The first kappa shape index (κ1) is 16.6. The summed E-state index contributed by atoms with van der Waals surface area (Å²) in [4.78, 5) is 20.2. The monoisotopic (exact) mass is 341 g/mol. The highest BCUT2D eigenvalue weighted by Crippen LogP contribution is 2.30. The molecule has 2 aromatic rings. The molecule has 5 heteroatoms. The van der Waals surface area contributed by atoms with Crippen LogP contribution in [0.25, 0.3) is 5.52 Å². The molecular weight excluding hydrogens is 314 g/mol. The maximum absolute atomic E-state index is 13.4. The van der Waals surface area contributed by atoms with Crippen molar-refractivity contribution in [3.8, 4) is 0 Å². The van der Waals surface area contributed by atoms with Crippen LogP contribution in [-0.4, -0.2) is 45.5 Å². The fraction of sp³-hybridized carbons (Fsp3) is 0.600. The predicted octanol–water partition coefficient (Wildman–Crippen LogP) is 3.32. The van der Waals surface area contributed by atoms with E-state index in [4.69, 9.17) is 9.72 Å². The van der Waals surface area contributed by atoms with E-state index in [1.54, 1.807) is 0 Å². The molecule has 4 rings (SSSR count). The number of carbonyl (C=O) groups excluding carboxylic acids is 1. The smallest absolute Gasteiger partial charge is 0.275 e. The fourth-order valence-electron chi connectivity index (χ4n) is 4.25. The van der Waals surface area contributed by atoms with Gasteiger partial charge >= 0.3 is 0 Å². The second-order valence-corrected chi connectivity index (χ2v) is 7.69. The van der Waals surface area contributed by atoms with Gasteiger partial charge in [-0.2, -0.15) is 0 Å². The molecule has 0 aromatic carbocycles. The topological polar surface area (TPSA) is 46.8 Å². The number of nitrogens with zero attached hydrogens (tertiary/aromatic N) is 3. The average Bonchev–Trinajstić information content (AvgIpc) is 2.99. The number of rotatable bonds is 3. The zero-order chi connectivity index (χ0) is 17.4. The van der Waals surface area contributed by atoms with E-state index in [-0.39, 0.29) is 18.1 Å². The number of pyridine rings is 1. The highest BCUT2D eigenvalue weighted by atomic mass is 16.5. The zero-order valence-electron chi connectivity index (χ0n) is 15.1. The SMILES string of the molecule is CC(C)Cc1nc(C(=O)N2CCOC3CCCCC32)c2ccccn12. The van der Waals surface area contributed by atoms with Gasteiger partial charge in [0.05, 0.1) is 24.3 Å². The number of carbonyl (C=O) groups is 1. The quantitative estimate of drug-likeness (QED) is 0.860. The molecule has 0 bridgehead atoms. The van der Waals surface area contributed by atoms with Crippen molar-refractivity contribution < 1.29 is 9.53 Å². The maximum atomic E-state index is 13.4. The number of hydrogen-bond acceptors (Lipinski definition) is 3. The predicted molar refractivity (Wildman–Crippen MR) is 96.8 cm³/mol. The van der Waals surface area contributed by atoms with Gasteiger partial charge in [0.1, 0.15) is 5.82 Å². The number of imidazole rings is 1. The number of hydrogen-bond donors (Lipinski definition) is 0. The summed E-state index contributed by atoms with van der Waals surface area (Å²) in [5.41, 5.74) is 1.52. The number of ether oxygens (including phenoxy) is 1. The van der Waals surface area contributed by atoms with E-state index in [0.29, 0.717) is 24.8 Å². The Morgan fingerprint density at radius 1 is 1.32 bits per heavy atom. The van der Waals surface area contributed by atoms with Crippen LogP contribution in [0.15, 0.2) is 24.4 Å². The molecule has 0 spiro atoms. The summed E-state index contributed by atoms with van der Waals surface area (Å²) >= 11 is 0. The van der Waals surface area contributed by atoms with Crippen molar-refractivity contribution in [3.63, 3.8) is 0 Å². The Kier molecular flexibility index (Phi) is 4.50. The van der Waals surface area contributed by atoms with Gasteiger partial charge in [-0.15, -0.1) is 0 Å². The van der Waals surface area contributed by atoms with Gasteiger partial charge in [0.25, 0.3) is 5.91 Å². The third kappa shape index (κ3) is 3.06. The fourth-order valence-corrected chi connectivity index (χ4v) is 4.25. The van der Waals surface area contributed by atoms with Crippen LogP contribution in [-0.2, 0) is 11.2 Å². The van der Waals surface area contributed by atoms with Crippen LogP contribution < -0.4 is 0 Å². The van der Waals surface area contributed by atoms with Crippen molar-refractivity contribution >= 4 is 11.4 Å². The van der Waals surface area contributed by atoms with Gasteiger partial charge in [-0.05, 0) is 30.9 Å². The second-order valence-electron chi connectivity index (χ2n) is 7.69. The van der Waals surface area contributed by atoms with Crippen LogP contribution in [0.1, 0.15) is 55.8 Å². The molecule has 0 radical (unpaired) electrons. The molecule has 1 saturated heterocycles. The van der Waals surface area contributed by atoms with Gasteiger partial charge in [0.2, 0.25) is 0 Å². The van der Waals surface area contributed by atoms with E-state index in [0.717, 1.165) is 30.6 Å². The lowest BCUT2D eigenvalue weighted by molar-refractivity contribution is -0.0753. The first-order valence-corrected chi connectivity index (χ1v) is 9.53. The molecule has 5 nitrogen and oxygen atoms in total. The summed E-state index contributed by atoms with van der Waals surface area (Å²) in [6.07, 6.45) is 7.58. The molecule has 2 atom stereocenters. The number of amides is 1. The summed E-state index contributed by atoms with van der Waals surface area (Å²) in [5.74, 6) is 1.54. The number of morpholine rings is 1. The normalized spacial score (nSPS) is 23.9. The van der Waals surface area contributed by atoms with Gasteiger partial charge < -0.3 is 14.0 Å². The lowest BCUT2D eigenvalue weighted by Gasteiger charge is -2.43. The van der Waals surface area contributed by atoms with Gasteiger partial charge in [-0.1, -0.05) is 32.8 Å². The standard InChI is InChI=1S/C20H27N3O2/c1-14(2)13-18-21-19(16-8-5-6-10-22(16)18)20(24)23-11-12-25-17-9-4-3-7-15(17)23/h5-6,8,10,14-15,17H,3-4,7,9,11-13H2,1-2H3. The Morgan fingerprint density at radius 2 is 2.16 bits per heavy atom. The molecule has 2 unspecified atom stereocenters. The molecular formula is C20H27N3O2. The van der Waals surface area contributed by atoms with Gasteiger partial charge in [-0.25, -0.2) is 4.98 Å². The molecule has 2 fully saturated rings. The maximum Gasteiger partial charge on any atom is 0.275 e. The van der Waals surface area contributed by atoms with Gasteiger partial charge in [-0.3, -0.25) is 4.79 Å². The van der Waals surface area contributed by atoms with Crippen LogP contribution in [0.3, 0.4) is 0 Å². The van der Waals surface area contributed by atoms with Crippen LogP contribution in [0, 0.1) is 5.92 Å².